The van der Waals surface area contributed by atoms with Gasteiger partial charge in [-0.2, -0.15) is 4.31 Å². The molecule has 0 saturated carbocycles. The Kier molecular flexibility index (Phi) is 8.02. The number of rotatable bonds is 8. The van der Waals surface area contributed by atoms with Crippen LogP contribution in [0.1, 0.15) is 51.5 Å². The Hall–Kier alpha value is -3.27. The van der Waals surface area contributed by atoms with Crippen molar-refractivity contribution in [3.8, 4) is 5.75 Å². The van der Waals surface area contributed by atoms with Crippen LogP contribution in [0.4, 0.5) is 0 Å². The number of carbonyl (C=O) groups excluding carboxylic acids is 1. The van der Waals surface area contributed by atoms with Crippen LogP contribution < -0.4 is 4.74 Å². The van der Waals surface area contributed by atoms with Gasteiger partial charge >= 0.3 is 0 Å². The smallest absolute Gasteiger partial charge is 0.254 e. The monoisotopic (exact) mass is 549 g/mol. The minimum atomic E-state index is -3.55. The van der Waals surface area contributed by atoms with E-state index in [9.17, 15) is 13.2 Å². The van der Waals surface area contributed by atoms with Crippen LogP contribution in [0.15, 0.2) is 67.0 Å². The minimum Gasteiger partial charge on any atom is -0.486 e. The lowest BCUT2D eigenvalue weighted by molar-refractivity contribution is 0.0339. The number of hydrogen-bond donors (Lipinski definition) is 0. The topological polar surface area (TPSA) is 89.0 Å². The molecule has 2 aliphatic rings. The molecular formula is C30H35N3O5S. The van der Waals surface area contributed by atoms with Crippen molar-refractivity contribution >= 4 is 15.9 Å². The number of hydrogen-bond acceptors (Lipinski definition) is 6. The Balaban J connectivity index is 1.28. The molecule has 0 spiro atoms. The lowest BCUT2D eigenvalue weighted by Crippen LogP contribution is -2.32. The van der Waals surface area contributed by atoms with Crippen molar-refractivity contribution in [2.75, 3.05) is 26.7 Å². The van der Waals surface area contributed by atoms with E-state index in [0.29, 0.717) is 36.5 Å². The van der Waals surface area contributed by atoms with E-state index >= 15 is 0 Å². The summed E-state index contributed by atoms with van der Waals surface area (Å²) in [5, 5.41) is 0. The third-order valence-electron chi connectivity index (χ3n) is 7.62. The lowest BCUT2D eigenvalue weighted by atomic mass is 10.0. The molecule has 5 rings (SSSR count). The first-order valence-corrected chi connectivity index (χ1v) is 14.9. The van der Waals surface area contributed by atoms with E-state index < -0.39 is 10.0 Å². The largest absolute Gasteiger partial charge is 0.486 e. The van der Waals surface area contributed by atoms with E-state index in [0.717, 1.165) is 29.5 Å². The molecule has 8 nitrogen and oxygen atoms in total. The summed E-state index contributed by atoms with van der Waals surface area (Å²) < 4.78 is 40.5. The van der Waals surface area contributed by atoms with Gasteiger partial charge in [0.2, 0.25) is 10.0 Å². The molecule has 3 atom stereocenters. The molecule has 39 heavy (non-hydrogen) atoms. The van der Waals surface area contributed by atoms with Crippen LogP contribution in [0.3, 0.4) is 0 Å². The highest BCUT2D eigenvalue weighted by Crippen LogP contribution is 2.35. The maximum Gasteiger partial charge on any atom is 0.254 e. The predicted octanol–water partition coefficient (Wildman–Crippen LogP) is 4.28. The molecule has 2 aromatic carbocycles. The van der Waals surface area contributed by atoms with E-state index in [2.05, 4.69) is 4.98 Å². The Morgan fingerprint density at radius 2 is 1.79 bits per heavy atom. The molecule has 3 heterocycles. The van der Waals surface area contributed by atoms with Crippen LogP contribution in [0.2, 0.25) is 0 Å². The Morgan fingerprint density at radius 1 is 1.03 bits per heavy atom. The Bertz CT molecular complexity index is 1430. The molecule has 1 amide bonds. The second-order valence-corrected chi connectivity index (χ2v) is 12.3. The molecule has 0 bridgehead atoms. The van der Waals surface area contributed by atoms with Gasteiger partial charge in [0.1, 0.15) is 18.0 Å². The summed E-state index contributed by atoms with van der Waals surface area (Å²) in [6.45, 7) is 5.22. The first-order chi connectivity index (χ1) is 18.7. The van der Waals surface area contributed by atoms with Gasteiger partial charge in [-0.1, -0.05) is 29.8 Å². The van der Waals surface area contributed by atoms with Gasteiger partial charge in [0, 0.05) is 37.7 Å². The van der Waals surface area contributed by atoms with Crippen molar-refractivity contribution in [2.45, 2.75) is 50.7 Å². The van der Waals surface area contributed by atoms with Gasteiger partial charge in [-0.15, -0.1) is 0 Å². The van der Waals surface area contributed by atoms with Crippen molar-refractivity contribution in [1.29, 1.82) is 0 Å². The summed E-state index contributed by atoms with van der Waals surface area (Å²) in [4.78, 5) is 19.1. The summed E-state index contributed by atoms with van der Waals surface area (Å²) in [6.07, 6.45) is 4.36. The van der Waals surface area contributed by atoms with Crippen molar-refractivity contribution in [3.63, 3.8) is 0 Å². The van der Waals surface area contributed by atoms with Gasteiger partial charge in [-0.05, 0) is 73.7 Å². The van der Waals surface area contributed by atoms with Gasteiger partial charge in [-0.3, -0.25) is 9.78 Å². The van der Waals surface area contributed by atoms with Crippen LogP contribution in [0.25, 0.3) is 0 Å². The number of aromatic nitrogens is 1. The summed E-state index contributed by atoms with van der Waals surface area (Å²) in [7, 11) is -1.93. The summed E-state index contributed by atoms with van der Waals surface area (Å²) in [5.74, 6) is 0.406. The zero-order valence-electron chi connectivity index (χ0n) is 22.6. The number of methoxy groups -OCH3 is 1. The highest BCUT2D eigenvalue weighted by Gasteiger charge is 2.38. The van der Waals surface area contributed by atoms with Crippen LogP contribution in [-0.4, -0.2) is 67.5 Å². The molecule has 3 aromatic rings. The number of ether oxygens (including phenoxy) is 2. The average Bonchev–Trinajstić information content (AvgIpc) is 3.58. The predicted molar refractivity (Wildman–Crippen MR) is 149 cm³/mol. The lowest BCUT2D eigenvalue weighted by Gasteiger charge is -2.24. The van der Waals surface area contributed by atoms with Crippen LogP contribution in [0.5, 0.6) is 5.75 Å². The first kappa shape index (κ1) is 27.3. The molecule has 2 saturated heterocycles. The molecule has 1 aromatic heterocycles. The van der Waals surface area contributed by atoms with Crippen LogP contribution >= 0.6 is 0 Å². The first-order valence-electron chi connectivity index (χ1n) is 13.3. The van der Waals surface area contributed by atoms with Gasteiger partial charge in [0.15, 0.2) is 0 Å². The van der Waals surface area contributed by atoms with Crippen molar-refractivity contribution in [2.24, 2.45) is 0 Å². The van der Waals surface area contributed by atoms with Crippen LogP contribution in [-0.2, 0) is 20.5 Å². The summed E-state index contributed by atoms with van der Waals surface area (Å²) in [6, 6.07) is 16.7. The fraction of sp³-hybridized carbons (Fsp3) is 0.400. The van der Waals surface area contributed by atoms with Gasteiger partial charge in [-0.25, -0.2) is 8.42 Å². The van der Waals surface area contributed by atoms with E-state index in [1.54, 1.807) is 46.9 Å². The van der Waals surface area contributed by atoms with Gasteiger partial charge in [0.05, 0.1) is 18.8 Å². The molecule has 2 aliphatic heterocycles. The standard InChI is InChI=1S/C30H35N3O5S/c1-21-9-10-22(2)26(16-21)30(34)32-18-28(37-3)29(19-32)38-25-7-4-6-23(17-25)20-39(35,36)33-15-5-8-27(33)24-11-13-31-14-12-24/h4,6-7,9-14,16-17,27-29H,5,8,15,18-20H2,1-3H3. The van der Waals surface area contributed by atoms with Gasteiger partial charge < -0.3 is 14.4 Å². The molecular weight excluding hydrogens is 514 g/mol. The quantitative estimate of drug-likeness (QED) is 0.417. The molecule has 0 N–H and O–H groups in total. The van der Waals surface area contributed by atoms with Gasteiger partial charge in [0.25, 0.3) is 5.91 Å². The molecule has 2 fully saturated rings. The maximum atomic E-state index is 13.4. The fourth-order valence-electron chi connectivity index (χ4n) is 5.55. The Labute approximate surface area is 230 Å². The highest BCUT2D eigenvalue weighted by atomic mass is 32.2. The number of aryl methyl sites for hydroxylation is 2. The van der Waals surface area contributed by atoms with E-state index in [1.165, 1.54) is 0 Å². The third-order valence-corrected chi connectivity index (χ3v) is 9.47. The number of nitrogens with zero attached hydrogens (tertiary/aromatic N) is 3. The normalized spacial score (nSPS) is 21.8. The number of carbonyl (C=O) groups is 1. The molecule has 206 valence electrons. The second kappa shape index (κ2) is 11.5. The fourth-order valence-corrected chi connectivity index (χ4v) is 7.34. The number of sulfonamides is 1. The van der Waals surface area contributed by atoms with E-state index in [4.69, 9.17) is 9.47 Å². The number of likely N-dealkylation sites (tertiary alicyclic amines) is 1. The molecule has 0 aliphatic carbocycles. The Morgan fingerprint density at radius 3 is 2.56 bits per heavy atom. The molecule has 9 heteroatoms. The molecule has 3 unspecified atom stereocenters. The summed E-state index contributed by atoms with van der Waals surface area (Å²) in [5.41, 5.74) is 4.27. The van der Waals surface area contributed by atoms with Crippen molar-refractivity contribution in [1.82, 2.24) is 14.2 Å². The van der Waals surface area contributed by atoms with E-state index in [-0.39, 0.29) is 29.9 Å². The zero-order valence-corrected chi connectivity index (χ0v) is 23.4. The minimum absolute atomic E-state index is 0.0430. The second-order valence-electron chi connectivity index (χ2n) is 10.4. The average molecular weight is 550 g/mol. The SMILES string of the molecule is COC1CN(C(=O)c2cc(C)ccc2C)CC1Oc1cccc(CS(=O)(=O)N2CCCC2c2ccncc2)c1. The van der Waals surface area contributed by atoms with E-state index in [1.807, 2.05) is 50.2 Å². The van der Waals surface area contributed by atoms with Crippen LogP contribution in [0, 0.1) is 13.8 Å². The molecule has 0 radical (unpaired) electrons. The third kappa shape index (κ3) is 6.00. The number of pyridine rings is 1. The van der Waals surface area contributed by atoms with Crippen molar-refractivity contribution in [3.05, 3.63) is 94.8 Å². The summed E-state index contributed by atoms with van der Waals surface area (Å²) >= 11 is 0. The number of amides is 1. The highest BCUT2D eigenvalue weighted by molar-refractivity contribution is 7.88. The number of benzene rings is 2. The zero-order chi connectivity index (χ0) is 27.6. The maximum absolute atomic E-state index is 13.4. The van der Waals surface area contributed by atoms with Crippen molar-refractivity contribution < 1.29 is 22.7 Å².